The number of aryl methyl sites for hydroxylation is 1. The molecule has 25 heavy (non-hydrogen) atoms. The lowest BCUT2D eigenvalue weighted by Gasteiger charge is -2.31. The Labute approximate surface area is 148 Å². The molecule has 1 aromatic rings. The van der Waals surface area contributed by atoms with Gasteiger partial charge in [0.05, 0.1) is 25.0 Å². The number of hydrogen-bond donors (Lipinski definition) is 1. The third-order valence-corrected chi connectivity index (χ3v) is 5.30. The van der Waals surface area contributed by atoms with Crippen LogP contribution in [0.15, 0.2) is 6.07 Å². The molecule has 0 spiro atoms. The zero-order chi connectivity index (χ0) is 17.8. The maximum absolute atomic E-state index is 12.1. The number of nitrogens with zero attached hydrogens (tertiary/aromatic N) is 3. The van der Waals surface area contributed by atoms with Crippen LogP contribution in [-0.2, 0) is 33.8 Å². The van der Waals surface area contributed by atoms with E-state index in [4.69, 9.17) is 4.74 Å². The topological polar surface area (TPSA) is 76.5 Å². The smallest absolute Gasteiger partial charge is 0.322 e. The fourth-order valence-electron chi connectivity index (χ4n) is 3.73. The number of carbonyl (C=O) groups is 2. The summed E-state index contributed by atoms with van der Waals surface area (Å²) in [5.41, 5.74) is 2.04. The van der Waals surface area contributed by atoms with E-state index < -0.39 is 0 Å². The van der Waals surface area contributed by atoms with E-state index in [0.29, 0.717) is 25.4 Å². The molecule has 1 N–H and O–H groups in total. The fourth-order valence-corrected chi connectivity index (χ4v) is 3.73. The Morgan fingerprint density at radius 3 is 2.84 bits per heavy atom. The van der Waals surface area contributed by atoms with Crippen LogP contribution in [0, 0.1) is 0 Å². The monoisotopic (exact) mass is 348 g/mol. The van der Waals surface area contributed by atoms with Crippen molar-refractivity contribution >= 4 is 11.9 Å². The Kier molecular flexibility index (Phi) is 5.73. The predicted octanol–water partition coefficient (Wildman–Crippen LogP) is 1.25. The SMILES string of the molecule is COC(=O)[C@@H](C)N1CCn2nc(CCC(=O)NC3CCCC3)cc2C1. The van der Waals surface area contributed by atoms with Crippen LogP contribution in [0.25, 0.3) is 0 Å². The molecule has 1 aliphatic carbocycles. The van der Waals surface area contributed by atoms with E-state index in [2.05, 4.69) is 21.4 Å². The number of carbonyl (C=O) groups excluding carboxylic acids is 2. The lowest BCUT2D eigenvalue weighted by molar-refractivity contribution is -0.146. The van der Waals surface area contributed by atoms with Crippen LogP contribution < -0.4 is 5.32 Å². The number of methoxy groups -OCH3 is 1. The molecule has 1 amide bonds. The average molecular weight is 348 g/mol. The van der Waals surface area contributed by atoms with Gasteiger partial charge in [0.2, 0.25) is 5.91 Å². The second-order valence-corrected chi connectivity index (χ2v) is 7.07. The summed E-state index contributed by atoms with van der Waals surface area (Å²) in [5.74, 6) is -0.0874. The van der Waals surface area contributed by atoms with Gasteiger partial charge in [0.1, 0.15) is 6.04 Å². The molecule has 7 nitrogen and oxygen atoms in total. The van der Waals surface area contributed by atoms with E-state index in [0.717, 1.165) is 37.3 Å². The van der Waals surface area contributed by atoms with Crippen LogP contribution in [-0.4, -0.2) is 52.3 Å². The summed E-state index contributed by atoms with van der Waals surface area (Å²) in [6.07, 6.45) is 5.80. The second-order valence-electron chi connectivity index (χ2n) is 7.07. The Bertz CT molecular complexity index is 622. The van der Waals surface area contributed by atoms with Crippen LogP contribution in [0.3, 0.4) is 0 Å². The van der Waals surface area contributed by atoms with Gasteiger partial charge in [0, 0.05) is 32.0 Å². The molecule has 0 bridgehead atoms. The number of aromatic nitrogens is 2. The van der Waals surface area contributed by atoms with Gasteiger partial charge in [-0.25, -0.2) is 0 Å². The van der Waals surface area contributed by atoms with Crippen molar-refractivity contribution < 1.29 is 14.3 Å². The number of nitrogens with one attached hydrogen (secondary N) is 1. The molecule has 2 heterocycles. The van der Waals surface area contributed by atoms with Gasteiger partial charge in [-0.1, -0.05) is 12.8 Å². The first-order valence-corrected chi connectivity index (χ1v) is 9.23. The van der Waals surface area contributed by atoms with Crippen molar-refractivity contribution in [2.24, 2.45) is 0 Å². The summed E-state index contributed by atoms with van der Waals surface area (Å²) < 4.78 is 6.82. The number of rotatable bonds is 6. The number of ether oxygens (including phenoxy) is 1. The minimum absolute atomic E-state index is 0.124. The maximum Gasteiger partial charge on any atom is 0.322 e. The van der Waals surface area contributed by atoms with Crippen molar-refractivity contribution in [2.75, 3.05) is 13.7 Å². The first kappa shape index (κ1) is 17.9. The van der Waals surface area contributed by atoms with E-state index in [1.165, 1.54) is 20.0 Å². The molecule has 2 aliphatic rings. The molecule has 1 fully saturated rings. The quantitative estimate of drug-likeness (QED) is 0.783. The van der Waals surface area contributed by atoms with Gasteiger partial charge in [-0.15, -0.1) is 0 Å². The van der Waals surface area contributed by atoms with E-state index in [1.807, 2.05) is 11.6 Å². The van der Waals surface area contributed by atoms with Crippen LogP contribution in [0.1, 0.15) is 50.4 Å². The molecule has 1 atom stereocenters. The van der Waals surface area contributed by atoms with Crippen molar-refractivity contribution in [3.05, 3.63) is 17.5 Å². The van der Waals surface area contributed by atoms with E-state index in [1.54, 1.807) is 0 Å². The molecule has 0 radical (unpaired) electrons. The zero-order valence-corrected chi connectivity index (χ0v) is 15.2. The minimum Gasteiger partial charge on any atom is -0.468 e. The Morgan fingerprint density at radius 2 is 2.12 bits per heavy atom. The normalized spacial score (nSPS) is 19.4. The van der Waals surface area contributed by atoms with Crippen molar-refractivity contribution in [1.29, 1.82) is 0 Å². The molecule has 138 valence electrons. The third-order valence-electron chi connectivity index (χ3n) is 5.30. The molecular formula is C18H28N4O3. The summed E-state index contributed by atoms with van der Waals surface area (Å²) in [6.45, 7) is 4.07. The molecule has 1 aliphatic heterocycles. The highest BCUT2D eigenvalue weighted by atomic mass is 16.5. The zero-order valence-electron chi connectivity index (χ0n) is 15.2. The standard InChI is InChI=1S/C18H28N4O3/c1-13(18(24)25-2)21-9-10-22-16(12-21)11-15(20-22)7-8-17(23)19-14-5-3-4-6-14/h11,13-14H,3-10,12H2,1-2H3,(H,19,23)/t13-/m1/s1. The predicted molar refractivity (Wildman–Crippen MR) is 92.8 cm³/mol. The van der Waals surface area contributed by atoms with Crippen molar-refractivity contribution in [3.8, 4) is 0 Å². The third kappa shape index (κ3) is 4.39. The highest BCUT2D eigenvalue weighted by Crippen LogP contribution is 2.19. The van der Waals surface area contributed by atoms with E-state index in [-0.39, 0.29) is 17.9 Å². The van der Waals surface area contributed by atoms with E-state index >= 15 is 0 Å². The molecule has 7 heteroatoms. The second kappa shape index (κ2) is 7.99. The number of esters is 1. The van der Waals surface area contributed by atoms with Gasteiger partial charge in [-0.05, 0) is 25.8 Å². The molecular weight excluding hydrogens is 320 g/mol. The molecule has 3 rings (SSSR count). The Morgan fingerprint density at radius 1 is 1.36 bits per heavy atom. The van der Waals surface area contributed by atoms with Gasteiger partial charge in [0.25, 0.3) is 0 Å². The number of hydrogen-bond acceptors (Lipinski definition) is 5. The summed E-state index contributed by atoms with van der Waals surface area (Å²) in [6, 6.07) is 2.17. The van der Waals surface area contributed by atoms with Crippen LogP contribution in [0.4, 0.5) is 0 Å². The van der Waals surface area contributed by atoms with Crippen LogP contribution >= 0.6 is 0 Å². The molecule has 0 aromatic carbocycles. The molecule has 0 unspecified atom stereocenters. The Balaban J connectivity index is 1.51. The highest BCUT2D eigenvalue weighted by Gasteiger charge is 2.27. The first-order valence-electron chi connectivity index (χ1n) is 9.23. The van der Waals surface area contributed by atoms with Crippen LogP contribution in [0.2, 0.25) is 0 Å². The first-order chi connectivity index (χ1) is 12.1. The lowest BCUT2D eigenvalue weighted by Crippen LogP contribution is -2.44. The summed E-state index contributed by atoms with van der Waals surface area (Å²) in [4.78, 5) is 25.9. The highest BCUT2D eigenvalue weighted by molar-refractivity contribution is 5.76. The molecule has 0 saturated heterocycles. The maximum atomic E-state index is 12.1. The summed E-state index contributed by atoms with van der Waals surface area (Å²) in [5, 5.41) is 7.73. The average Bonchev–Trinajstić information content (AvgIpc) is 3.26. The molecule has 1 aromatic heterocycles. The van der Waals surface area contributed by atoms with Gasteiger partial charge < -0.3 is 10.1 Å². The number of fused-ring (bicyclic) bond motifs is 1. The van der Waals surface area contributed by atoms with Gasteiger partial charge in [0.15, 0.2) is 0 Å². The van der Waals surface area contributed by atoms with Crippen molar-refractivity contribution in [1.82, 2.24) is 20.0 Å². The summed E-state index contributed by atoms with van der Waals surface area (Å²) in [7, 11) is 1.42. The van der Waals surface area contributed by atoms with Crippen molar-refractivity contribution in [3.63, 3.8) is 0 Å². The van der Waals surface area contributed by atoms with Gasteiger partial charge in [-0.3, -0.25) is 19.2 Å². The minimum atomic E-state index is -0.255. The molecule has 1 saturated carbocycles. The Hall–Kier alpha value is -1.89. The van der Waals surface area contributed by atoms with Gasteiger partial charge >= 0.3 is 5.97 Å². The van der Waals surface area contributed by atoms with Gasteiger partial charge in [-0.2, -0.15) is 5.10 Å². The van der Waals surface area contributed by atoms with Crippen LogP contribution in [0.5, 0.6) is 0 Å². The van der Waals surface area contributed by atoms with Crippen molar-refractivity contribution in [2.45, 2.75) is 70.6 Å². The number of amides is 1. The summed E-state index contributed by atoms with van der Waals surface area (Å²) >= 11 is 0. The van der Waals surface area contributed by atoms with E-state index in [9.17, 15) is 9.59 Å². The lowest BCUT2D eigenvalue weighted by atomic mass is 10.1. The largest absolute Gasteiger partial charge is 0.468 e. The fraction of sp³-hybridized carbons (Fsp3) is 0.722.